The van der Waals surface area contributed by atoms with Gasteiger partial charge in [-0.2, -0.15) is 0 Å². The molecular formula is C13H17NO4. The van der Waals surface area contributed by atoms with Crippen LogP contribution in [-0.2, 0) is 4.74 Å². The first-order valence-corrected chi connectivity index (χ1v) is 5.99. The molecule has 5 heteroatoms. The van der Waals surface area contributed by atoms with Gasteiger partial charge in [-0.15, -0.1) is 0 Å². The van der Waals surface area contributed by atoms with E-state index in [-0.39, 0.29) is 12.2 Å². The molecule has 98 valence electrons. The number of carbonyl (C=O) groups excluding carboxylic acids is 1. The van der Waals surface area contributed by atoms with E-state index in [1.54, 1.807) is 7.11 Å². The molecule has 1 aromatic carbocycles. The summed E-state index contributed by atoms with van der Waals surface area (Å²) in [7, 11) is 1.60. The standard InChI is InChI=1S/C13H17NO4/c1-3-6-17-11-7-9(4-5-10(11)16-2)12-8-14-13(15)18-12/h4-5,7,12H,3,6,8H2,1-2H3,(H,14,15)/t12-/m0/s1. The number of hydrogen-bond donors (Lipinski definition) is 1. The Labute approximate surface area is 106 Å². The van der Waals surface area contributed by atoms with E-state index in [4.69, 9.17) is 14.2 Å². The van der Waals surface area contributed by atoms with E-state index in [1.807, 2.05) is 25.1 Å². The van der Waals surface area contributed by atoms with Crippen LogP contribution in [0.3, 0.4) is 0 Å². The lowest BCUT2D eigenvalue weighted by Crippen LogP contribution is -2.12. The lowest BCUT2D eigenvalue weighted by molar-refractivity contribution is 0.141. The first kappa shape index (κ1) is 12.5. The second kappa shape index (κ2) is 5.62. The summed E-state index contributed by atoms with van der Waals surface area (Å²) in [4.78, 5) is 11.0. The number of ether oxygens (including phenoxy) is 3. The fraction of sp³-hybridized carbons (Fsp3) is 0.462. The summed E-state index contributed by atoms with van der Waals surface area (Å²) in [5, 5.41) is 2.63. The average Bonchev–Trinajstić information content (AvgIpc) is 2.82. The number of cyclic esters (lactones) is 1. The first-order valence-electron chi connectivity index (χ1n) is 5.99. The van der Waals surface area contributed by atoms with Crippen molar-refractivity contribution in [1.29, 1.82) is 0 Å². The molecule has 1 fully saturated rings. The summed E-state index contributed by atoms with van der Waals surface area (Å²) >= 11 is 0. The fourth-order valence-corrected chi connectivity index (χ4v) is 1.79. The van der Waals surface area contributed by atoms with Gasteiger partial charge in [0.2, 0.25) is 0 Å². The molecule has 0 bridgehead atoms. The van der Waals surface area contributed by atoms with Crippen molar-refractivity contribution in [3.63, 3.8) is 0 Å². The van der Waals surface area contributed by atoms with E-state index in [2.05, 4.69) is 5.32 Å². The van der Waals surface area contributed by atoms with Crippen LogP contribution >= 0.6 is 0 Å². The highest BCUT2D eigenvalue weighted by atomic mass is 16.6. The topological polar surface area (TPSA) is 56.8 Å². The van der Waals surface area contributed by atoms with Crippen LogP contribution in [0.25, 0.3) is 0 Å². The second-order valence-electron chi connectivity index (χ2n) is 4.03. The largest absolute Gasteiger partial charge is 0.493 e. The molecule has 1 aliphatic rings. The molecule has 0 aromatic heterocycles. The van der Waals surface area contributed by atoms with Crippen LogP contribution in [0.2, 0.25) is 0 Å². The van der Waals surface area contributed by atoms with Crippen molar-refractivity contribution in [2.75, 3.05) is 20.3 Å². The van der Waals surface area contributed by atoms with Gasteiger partial charge in [-0.3, -0.25) is 0 Å². The molecule has 0 saturated carbocycles. The first-order chi connectivity index (χ1) is 8.74. The van der Waals surface area contributed by atoms with Crippen LogP contribution in [0, 0.1) is 0 Å². The van der Waals surface area contributed by atoms with Gasteiger partial charge in [0, 0.05) is 0 Å². The van der Waals surface area contributed by atoms with Crippen molar-refractivity contribution < 1.29 is 19.0 Å². The van der Waals surface area contributed by atoms with Gasteiger partial charge in [-0.1, -0.05) is 13.0 Å². The molecule has 5 nitrogen and oxygen atoms in total. The molecule has 1 N–H and O–H groups in total. The highest BCUT2D eigenvalue weighted by Gasteiger charge is 2.25. The fourth-order valence-electron chi connectivity index (χ4n) is 1.79. The van der Waals surface area contributed by atoms with Gasteiger partial charge in [0.15, 0.2) is 11.5 Å². The van der Waals surface area contributed by atoms with E-state index >= 15 is 0 Å². The number of alkyl carbamates (subject to hydrolysis) is 1. The zero-order valence-corrected chi connectivity index (χ0v) is 10.6. The molecule has 0 unspecified atom stereocenters. The molecule has 1 aliphatic heterocycles. The molecule has 18 heavy (non-hydrogen) atoms. The summed E-state index contributed by atoms with van der Waals surface area (Å²) in [6.45, 7) is 3.15. The van der Waals surface area contributed by atoms with Crippen molar-refractivity contribution in [3.05, 3.63) is 23.8 Å². The minimum absolute atomic E-state index is 0.257. The second-order valence-corrected chi connectivity index (χ2v) is 4.03. The van der Waals surface area contributed by atoms with Crippen molar-refractivity contribution in [2.24, 2.45) is 0 Å². The summed E-state index contributed by atoms with van der Waals surface area (Å²) in [6, 6.07) is 5.56. The molecule has 2 rings (SSSR count). The lowest BCUT2D eigenvalue weighted by atomic mass is 10.1. The third kappa shape index (κ3) is 2.67. The van der Waals surface area contributed by atoms with E-state index < -0.39 is 0 Å². The molecule has 1 atom stereocenters. The predicted octanol–water partition coefficient (Wildman–Crippen LogP) is 2.26. The number of nitrogens with one attached hydrogen (secondary N) is 1. The highest BCUT2D eigenvalue weighted by molar-refractivity contribution is 5.69. The normalized spacial score (nSPS) is 18.1. The Kier molecular flexibility index (Phi) is 3.92. The maximum Gasteiger partial charge on any atom is 0.407 e. The SMILES string of the molecule is CCCOc1cc([C@@H]2CNC(=O)O2)ccc1OC. The molecule has 1 amide bonds. The molecule has 1 heterocycles. The van der Waals surface area contributed by atoms with Crippen LogP contribution < -0.4 is 14.8 Å². The van der Waals surface area contributed by atoms with Crippen LogP contribution in [0.4, 0.5) is 4.79 Å². The molecule has 1 saturated heterocycles. The van der Waals surface area contributed by atoms with Gasteiger partial charge in [0.1, 0.15) is 6.10 Å². The highest BCUT2D eigenvalue weighted by Crippen LogP contribution is 2.32. The predicted molar refractivity (Wildman–Crippen MR) is 66.0 cm³/mol. The van der Waals surface area contributed by atoms with Crippen molar-refractivity contribution in [1.82, 2.24) is 5.32 Å². The summed E-state index contributed by atoms with van der Waals surface area (Å²) in [5.74, 6) is 1.37. The molecule has 0 radical (unpaired) electrons. The van der Waals surface area contributed by atoms with Crippen LogP contribution in [0.15, 0.2) is 18.2 Å². The van der Waals surface area contributed by atoms with E-state index in [9.17, 15) is 4.79 Å². The maximum atomic E-state index is 11.0. The Morgan fingerprint density at radius 1 is 1.44 bits per heavy atom. The van der Waals surface area contributed by atoms with Crippen LogP contribution in [-0.4, -0.2) is 26.4 Å². The van der Waals surface area contributed by atoms with Crippen molar-refractivity contribution in [3.8, 4) is 11.5 Å². The van der Waals surface area contributed by atoms with Gasteiger partial charge < -0.3 is 19.5 Å². The number of rotatable bonds is 5. The molecular weight excluding hydrogens is 234 g/mol. The number of carbonyl (C=O) groups is 1. The third-order valence-electron chi connectivity index (χ3n) is 2.70. The summed E-state index contributed by atoms with van der Waals surface area (Å²) in [5.41, 5.74) is 0.903. The smallest absolute Gasteiger partial charge is 0.407 e. The van der Waals surface area contributed by atoms with Crippen LogP contribution in [0.1, 0.15) is 25.0 Å². The Bertz CT molecular complexity index is 433. The van der Waals surface area contributed by atoms with E-state index in [0.29, 0.717) is 24.7 Å². The Hall–Kier alpha value is -1.91. The van der Waals surface area contributed by atoms with Gasteiger partial charge in [-0.05, 0) is 24.1 Å². The number of hydrogen-bond acceptors (Lipinski definition) is 4. The Morgan fingerprint density at radius 3 is 2.89 bits per heavy atom. The maximum absolute atomic E-state index is 11.0. The minimum Gasteiger partial charge on any atom is -0.493 e. The third-order valence-corrected chi connectivity index (χ3v) is 2.70. The van der Waals surface area contributed by atoms with Crippen LogP contribution in [0.5, 0.6) is 11.5 Å². The molecule has 0 spiro atoms. The van der Waals surface area contributed by atoms with Gasteiger partial charge in [-0.25, -0.2) is 4.79 Å². The summed E-state index contributed by atoms with van der Waals surface area (Å²) in [6.07, 6.45) is 0.284. The zero-order chi connectivity index (χ0) is 13.0. The Balaban J connectivity index is 2.19. The monoisotopic (exact) mass is 251 g/mol. The van der Waals surface area contributed by atoms with Crippen molar-refractivity contribution in [2.45, 2.75) is 19.4 Å². The van der Waals surface area contributed by atoms with Crippen molar-refractivity contribution >= 4 is 6.09 Å². The van der Waals surface area contributed by atoms with Gasteiger partial charge >= 0.3 is 6.09 Å². The van der Waals surface area contributed by atoms with E-state index in [0.717, 1.165) is 12.0 Å². The van der Waals surface area contributed by atoms with E-state index in [1.165, 1.54) is 0 Å². The molecule has 1 aromatic rings. The lowest BCUT2D eigenvalue weighted by Gasteiger charge is -2.14. The number of amides is 1. The summed E-state index contributed by atoms with van der Waals surface area (Å²) < 4.78 is 16.0. The van der Waals surface area contributed by atoms with Gasteiger partial charge in [0.05, 0.1) is 20.3 Å². The number of benzene rings is 1. The average molecular weight is 251 g/mol. The number of methoxy groups -OCH3 is 1. The zero-order valence-electron chi connectivity index (χ0n) is 10.6. The minimum atomic E-state index is -0.383. The molecule has 0 aliphatic carbocycles. The Morgan fingerprint density at radius 2 is 2.28 bits per heavy atom. The quantitative estimate of drug-likeness (QED) is 0.872. The van der Waals surface area contributed by atoms with Gasteiger partial charge in [0.25, 0.3) is 0 Å².